The third kappa shape index (κ3) is 4.74. The second-order valence-electron chi connectivity index (χ2n) is 8.89. The van der Waals surface area contributed by atoms with Crippen LogP contribution in [0.4, 0.5) is 11.4 Å². The van der Waals surface area contributed by atoms with Gasteiger partial charge < -0.3 is 10.6 Å². The Morgan fingerprint density at radius 2 is 1.74 bits per heavy atom. The molecule has 0 aliphatic heterocycles. The first-order valence-electron chi connectivity index (χ1n) is 11.7. The summed E-state index contributed by atoms with van der Waals surface area (Å²) in [5, 5.41) is 6.21. The molecular formula is C27H26N4O3S. The number of amides is 2. The van der Waals surface area contributed by atoms with Gasteiger partial charge in [0.25, 0.3) is 5.56 Å². The lowest BCUT2D eigenvalue weighted by molar-refractivity contribution is -0.117. The van der Waals surface area contributed by atoms with Crippen molar-refractivity contribution in [3.05, 3.63) is 74.9 Å². The lowest BCUT2D eigenvalue weighted by atomic mass is 9.97. The maximum atomic E-state index is 13.8. The van der Waals surface area contributed by atoms with Crippen LogP contribution in [-0.2, 0) is 29.0 Å². The zero-order valence-corrected chi connectivity index (χ0v) is 20.5. The van der Waals surface area contributed by atoms with Crippen molar-refractivity contribution in [3.8, 4) is 11.4 Å². The van der Waals surface area contributed by atoms with E-state index in [1.807, 2.05) is 31.2 Å². The Hall–Kier alpha value is -3.78. The molecule has 8 heteroatoms. The molecule has 2 aromatic heterocycles. The van der Waals surface area contributed by atoms with Crippen LogP contribution in [0, 0.1) is 6.92 Å². The van der Waals surface area contributed by atoms with Crippen molar-refractivity contribution in [1.82, 2.24) is 9.55 Å². The first-order chi connectivity index (χ1) is 16.9. The Labute approximate surface area is 206 Å². The summed E-state index contributed by atoms with van der Waals surface area (Å²) in [6.45, 7) is 3.28. The van der Waals surface area contributed by atoms with Crippen molar-refractivity contribution >= 4 is 44.7 Å². The molecule has 0 saturated carbocycles. The van der Waals surface area contributed by atoms with E-state index in [0.717, 1.165) is 47.2 Å². The zero-order chi connectivity index (χ0) is 24.5. The van der Waals surface area contributed by atoms with Crippen LogP contribution >= 0.6 is 11.3 Å². The van der Waals surface area contributed by atoms with Gasteiger partial charge >= 0.3 is 0 Å². The van der Waals surface area contributed by atoms with Crippen molar-refractivity contribution in [1.29, 1.82) is 0 Å². The summed E-state index contributed by atoms with van der Waals surface area (Å²) in [5.41, 5.74) is 4.02. The van der Waals surface area contributed by atoms with Gasteiger partial charge in [-0.2, -0.15) is 0 Å². The lowest BCUT2D eigenvalue weighted by Gasteiger charge is -2.14. The third-order valence-corrected chi connectivity index (χ3v) is 7.33. The minimum Gasteiger partial charge on any atom is -0.326 e. The Bertz CT molecular complexity index is 1500. The average Bonchev–Trinajstić information content (AvgIpc) is 3.20. The van der Waals surface area contributed by atoms with E-state index < -0.39 is 0 Å². The van der Waals surface area contributed by atoms with Crippen LogP contribution in [0.1, 0.15) is 35.8 Å². The van der Waals surface area contributed by atoms with E-state index in [2.05, 4.69) is 10.6 Å². The van der Waals surface area contributed by atoms with E-state index in [4.69, 9.17) is 4.98 Å². The molecule has 5 rings (SSSR count). The van der Waals surface area contributed by atoms with Crippen molar-refractivity contribution in [2.45, 2.75) is 46.1 Å². The number of hydrogen-bond acceptors (Lipinski definition) is 5. The molecule has 0 fully saturated rings. The first kappa shape index (κ1) is 23.0. The molecule has 0 bridgehead atoms. The lowest BCUT2D eigenvalue weighted by Crippen LogP contribution is -2.30. The van der Waals surface area contributed by atoms with Crippen LogP contribution in [0.15, 0.2) is 53.3 Å². The topological polar surface area (TPSA) is 93.1 Å². The highest BCUT2D eigenvalue weighted by molar-refractivity contribution is 7.18. The molecule has 178 valence electrons. The Morgan fingerprint density at radius 1 is 1.03 bits per heavy atom. The Kier molecular flexibility index (Phi) is 6.21. The molecule has 0 saturated heterocycles. The number of hydrogen-bond donors (Lipinski definition) is 2. The van der Waals surface area contributed by atoms with Crippen LogP contribution < -0.4 is 16.2 Å². The van der Waals surface area contributed by atoms with Crippen molar-refractivity contribution in [2.24, 2.45) is 0 Å². The normalized spacial score (nSPS) is 12.9. The molecule has 2 heterocycles. The van der Waals surface area contributed by atoms with Gasteiger partial charge in [-0.1, -0.05) is 23.8 Å². The number of carbonyl (C=O) groups is 2. The third-order valence-electron chi connectivity index (χ3n) is 6.14. The molecule has 4 aromatic rings. The largest absolute Gasteiger partial charge is 0.326 e. The molecule has 2 amide bonds. The smallest absolute Gasteiger partial charge is 0.263 e. The van der Waals surface area contributed by atoms with Gasteiger partial charge in [0.2, 0.25) is 11.8 Å². The minimum atomic E-state index is -0.321. The van der Waals surface area contributed by atoms with Crippen molar-refractivity contribution < 1.29 is 9.59 Å². The summed E-state index contributed by atoms with van der Waals surface area (Å²) in [6, 6.07) is 14.7. The number of benzene rings is 2. The van der Waals surface area contributed by atoms with E-state index >= 15 is 0 Å². The number of nitrogens with one attached hydrogen (secondary N) is 2. The van der Waals surface area contributed by atoms with Crippen molar-refractivity contribution in [3.63, 3.8) is 0 Å². The number of thiophene rings is 1. The summed E-state index contributed by atoms with van der Waals surface area (Å²) >= 11 is 1.61. The van der Waals surface area contributed by atoms with Gasteiger partial charge in [-0.15, -0.1) is 11.3 Å². The maximum absolute atomic E-state index is 13.8. The van der Waals surface area contributed by atoms with E-state index in [-0.39, 0.29) is 23.9 Å². The van der Waals surface area contributed by atoms with Crippen LogP contribution in [0.25, 0.3) is 21.6 Å². The van der Waals surface area contributed by atoms with Gasteiger partial charge in [0.05, 0.1) is 5.39 Å². The van der Waals surface area contributed by atoms with Crippen LogP contribution in [0.3, 0.4) is 0 Å². The Balaban J connectivity index is 1.53. The molecule has 0 spiro atoms. The number of carbonyl (C=O) groups excluding carboxylic acids is 2. The predicted molar refractivity (Wildman–Crippen MR) is 140 cm³/mol. The highest BCUT2D eigenvalue weighted by atomic mass is 32.1. The highest BCUT2D eigenvalue weighted by Gasteiger charge is 2.23. The van der Waals surface area contributed by atoms with Gasteiger partial charge in [0.1, 0.15) is 17.2 Å². The van der Waals surface area contributed by atoms with Crippen LogP contribution in [-0.4, -0.2) is 21.4 Å². The fourth-order valence-electron chi connectivity index (χ4n) is 4.57. The molecule has 35 heavy (non-hydrogen) atoms. The standard InChI is InChI=1S/C27H26N4O3S/c1-16-6-5-7-18(14-16)25-30-26-24(21-8-3-4-9-22(21)35-26)27(34)31(25)15-23(33)29-20-12-10-19(11-13-20)28-17(2)32/h5-7,10-14H,3-4,8-9,15H2,1-2H3,(H,28,32)(H,29,33). The number of fused-ring (bicyclic) bond motifs is 3. The summed E-state index contributed by atoms with van der Waals surface area (Å²) in [7, 11) is 0. The van der Waals surface area contributed by atoms with E-state index in [0.29, 0.717) is 22.6 Å². The average molecular weight is 487 g/mol. The number of aromatic nitrogens is 2. The molecule has 2 N–H and O–H groups in total. The molecule has 1 aliphatic rings. The number of anilines is 2. The van der Waals surface area contributed by atoms with Gasteiger partial charge in [0.15, 0.2) is 0 Å². The molecular weight excluding hydrogens is 460 g/mol. The van der Waals surface area contributed by atoms with E-state index in [1.54, 1.807) is 35.6 Å². The predicted octanol–water partition coefficient (Wildman–Crippen LogP) is 4.91. The van der Waals surface area contributed by atoms with Gasteiger partial charge in [-0.3, -0.25) is 19.0 Å². The second-order valence-corrected chi connectivity index (χ2v) is 9.98. The van der Waals surface area contributed by atoms with E-state index in [9.17, 15) is 14.4 Å². The molecule has 7 nitrogen and oxygen atoms in total. The quantitative estimate of drug-likeness (QED) is 0.419. The van der Waals surface area contributed by atoms with Crippen molar-refractivity contribution in [2.75, 3.05) is 10.6 Å². The maximum Gasteiger partial charge on any atom is 0.263 e. The second kappa shape index (κ2) is 9.46. The molecule has 0 unspecified atom stereocenters. The summed E-state index contributed by atoms with van der Waals surface area (Å²) in [4.78, 5) is 45.0. The monoisotopic (exact) mass is 486 g/mol. The molecule has 0 atom stereocenters. The number of aryl methyl sites for hydroxylation is 3. The highest BCUT2D eigenvalue weighted by Crippen LogP contribution is 2.35. The van der Waals surface area contributed by atoms with Crippen LogP contribution in [0.2, 0.25) is 0 Å². The summed E-state index contributed by atoms with van der Waals surface area (Å²) < 4.78 is 1.50. The first-order valence-corrected chi connectivity index (χ1v) is 12.5. The number of nitrogens with zero attached hydrogens (tertiary/aromatic N) is 2. The molecule has 1 aliphatic carbocycles. The fraction of sp³-hybridized carbons (Fsp3) is 0.259. The minimum absolute atomic E-state index is 0.150. The SMILES string of the molecule is CC(=O)Nc1ccc(NC(=O)Cn2c(-c3cccc(C)c3)nc3sc4c(c3c2=O)CCCC4)cc1. The van der Waals surface area contributed by atoms with Gasteiger partial charge in [-0.05, 0) is 68.5 Å². The van der Waals surface area contributed by atoms with Crippen LogP contribution in [0.5, 0.6) is 0 Å². The summed E-state index contributed by atoms with van der Waals surface area (Å²) in [5.74, 6) is 0.0165. The van der Waals surface area contributed by atoms with Gasteiger partial charge in [-0.25, -0.2) is 4.98 Å². The molecule has 2 aromatic carbocycles. The zero-order valence-electron chi connectivity index (χ0n) is 19.7. The Morgan fingerprint density at radius 3 is 2.46 bits per heavy atom. The molecule has 0 radical (unpaired) electrons. The van der Waals surface area contributed by atoms with Gasteiger partial charge in [0, 0.05) is 28.7 Å². The summed E-state index contributed by atoms with van der Waals surface area (Å²) in [6.07, 6.45) is 4.04. The number of rotatable bonds is 5. The fourth-order valence-corrected chi connectivity index (χ4v) is 5.83. The van der Waals surface area contributed by atoms with E-state index in [1.165, 1.54) is 16.4 Å².